The van der Waals surface area contributed by atoms with E-state index in [2.05, 4.69) is 5.16 Å². The second-order valence-electron chi connectivity index (χ2n) is 5.76. The molecule has 0 atom stereocenters. The molecule has 0 unspecified atom stereocenters. The van der Waals surface area contributed by atoms with E-state index in [1.54, 1.807) is 6.92 Å². The van der Waals surface area contributed by atoms with Crippen LogP contribution in [0.2, 0.25) is 0 Å². The van der Waals surface area contributed by atoms with E-state index >= 15 is 0 Å². The second-order valence-corrected chi connectivity index (χ2v) is 7.29. The minimum Gasteiger partial charge on any atom is -0.388 e. The summed E-state index contributed by atoms with van der Waals surface area (Å²) in [4.78, 5) is -1.02. The van der Waals surface area contributed by atoms with Crippen LogP contribution in [0.25, 0.3) is 22.4 Å². The second kappa shape index (κ2) is 6.80. The molecule has 3 rings (SSSR count). The van der Waals surface area contributed by atoms with Crippen LogP contribution in [-0.4, -0.2) is 18.7 Å². The molecule has 1 aromatic heterocycles. The van der Waals surface area contributed by atoms with E-state index < -0.39 is 44.5 Å². The first kappa shape index (κ1) is 19.1. The minimum atomic E-state index is -4.48. The Bertz CT molecular complexity index is 1140. The first-order valence-corrected chi connectivity index (χ1v) is 9.06. The Morgan fingerprint density at radius 3 is 2.41 bits per heavy atom. The van der Waals surface area contributed by atoms with E-state index in [4.69, 9.17) is 9.66 Å². The van der Waals surface area contributed by atoms with Crippen LogP contribution in [0.15, 0.2) is 39.8 Å². The number of halogens is 3. The maximum absolute atomic E-state index is 14.6. The number of aromatic nitrogens is 1. The summed E-state index contributed by atoms with van der Waals surface area (Å²) in [5, 5.41) is 18.0. The largest absolute Gasteiger partial charge is 0.388 e. The van der Waals surface area contributed by atoms with Crippen molar-refractivity contribution in [2.24, 2.45) is 5.14 Å². The zero-order chi connectivity index (χ0) is 19.9. The summed E-state index contributed by atoms with van der Waals surface area (Å²) >= 11 is 0. The molecule has 0 bridgehead atoms. The summed E-state index contributed by atoms with van der Waals surface area (Å²) in [5.74, 6) is -3.18. The quantitative estimate of drug-likeness (QED) is 0.703. The van der Waals surface area contributed by atoms with E-state index in [-0.39, 0.29) is 22.6 Å². The molecule has 0 saturated heterocycles. The lowest BCUT2D eigenvalue weighted by atomic mass is 9.98. The number of benzene rings is 2. The molecule has 0 fully saturated rings. The highest BCUT2D eigenvalue weighted by Crippen LogP contribution is 2.37. The van der Waals surface area contributed by atoms with Gasteiger partial charge in [0.2, 0.25) is 10.0 Å². The Kier molecular flexibility index (Phi) is 4.81. The fourth-order valence-corrected chi connectivity index (χ4v) is 3.18. The molecule has 3 aromatic rings. The highest BCUT2D eigenvalue weighted by molar-refractivity contribution is 7.89. The van der Waals surface area contributed by atoms with Crippen molar-refractivity contribution in [3.05, 3.63) is 59.1 Å². The molecule has 0 aliphatic carbocycles. The zero-order valence-corrected chi connectivity index (χ0v) is 14.6. The van der Waals surface area contributed by atoms with Crippen LogP contribution in [-0.2, 0) is 16.6 Å². The lowest BCUT2D eigenvalue weighted by Crippen LogP contribution is -2.14. The number of aliphatic hydroxyl groups excluding tert-OH is 1. The summed E-state index contributed by atoms with van der Waals surface area (Å²) in [5.41, 5.74) is -0.0216. The number of nitrogens with two attached hydrogens (primary N) is 1. The predicted octanol–water partition coefficient (Wildman–Crippen LogP) is 2.87. The van der Waals surface area contributed by atoms with E-state index in [9.17, 15) is 26.7 Å². The number of nitrogens with zero attached hydrogens (tertiary/aromatic N) is 1. The molecule has 6 nitrogen and oxygen atoms in total. The van der Waals surface area contributed by atoms with Crippen LogP contribution < -0.4 is 5.14 Å². The molecule has 0 saturated carbocycles. The van der Waals surface area contributed by atoms with Gasteiger partial charge in [-0.25, -0.2) is 26.7 Å². The standard InChI is InChI=1S/C17H13F3N2O4S/c1-8-2-3-9(4-11(8)18)17-16(14(7-23)26-22-17)10-5-13(20)15(6-12(10)19)27(21,24)25/h2-6,23H,7H2,1H3,(H2,21,24,25). The van der Waals surface area contributed by atoms with Gasteiger partial charge in [0.1, 0.15) is 34.6 Å². The molecule has 3 N–H and O–H groups in total. The Labute approximate surface area is 152 Å². The van der Waals surface area contributed by atoms with Crippen molar-refractivity contribution in [2.45, 2.75) is 18.4 Å². The normalized spacial score (nSPS) is 11.8. The van der Waals surface area contributed by atoms with Crippen molar-refractivity contribution in [3.63, 3.8) is 0 Å². The van der Waals surface area contributed by atoms with Gasteiger partial charge in [0.15, 0.2) is 5.76 Å². The number of hydrogen-bond acceptors (Lipinski definition) is 5. The van der Waals surface area contributed by atoms with E-state index in [1.807, 2.05) is 0 Å². The Balaban J connectivity index is 2.27. The molecule has 2 aromatic carbocycles. The van der Waals surface area contributed by atoms with E-state index in [0.29, 0.717) is 17.7 Å². The molecule has 0 aliphatic rings. The van der Waals surface area contributed by atoms with Crippen LogP contribution in [0.1, 0.15) is 11.3 Å². The topological polar surface area (TPSA) is 106 Å². The van der Waals surface area contributed by atoms with Gasteiger partial charge < -0.3 is 9.63 Å². The van der Waals surface area contributed by atoms with Crippen LogP contribution in [0, 0.1) is 24.4 Å². The Hall–Kier alpha value is -2.69. The van der Waals surface area contributed by atoms with Crippen molar-refractivity contribution in [1.29, 1.82) is 0 Å². The maximum atomic E-state index is 14.6. The van der Waals surface area contributed by atoms with Crippen molar-refractivity contribution in [1.82, 2.24) is 5.16 Å². The lowest BCUT2D eigenvalue weighted by Gasteiger charge is -2.09. The van der Waals surface area contributed by atoms with E-state index in [1.165, 1.54) is 12.1 Å². The van der Waals surface area contributed by atoms with Gasteiger partial charge in [0, 0.05) is 11.1 Å². The molecular formula is C17H13F3N2O4S. The smallest absolute Gasteiger partial charge is 0.241 e. The molecule has 1 heterocycles. The number of aryl methyl sites for hydroxylation is 1. The predicted molar refractivity (Wildman–Crippen MR) is 89.3 cm³/mol. The number of sulfonamides is 1. The molecule has 0 amide bonds. The van der Waals surface area contributed by atoms with Gasteiger partial charge in [-0.1, -0.05) is 17.3 Å². The van der Waals surface area contributed by atoms with Crippen LogP contribution in [0.3, 0.4) is 0 Å². The first-order valence-electron chi connectivity index (χ1n) is 7.51. The summed E-state index contributed by atoms with van der Waals surface area (Å²) in [6.07, 6.45) is 0. The SMILES string of the molecule is Cc1ccc(-c2noc(CO)c2-c2cc(F)c(S(N)(=O)=O)cc2F)cc1F. The van der Waals surface area contributed by atoms with Crippen molar-refractivity contribution >= 4 is 10.0 Å². The highest BCUT2D eigenvalue weighted by Gasteiger charge is 2.25. The average Bonchev–Trinajstić information content (AvgIpc) is 3.01. The van der Waals surface area contributed by atoms with Gasteiger partial charge in [0.25, 0.3) is 0 Å². The third kappa shape index (κ3) is 3.46. The zero-order valence-electron chi connectivity index (χ0n) is 13.8. The van der Waals surface area contributed by atoms with Crippen molar-refractivity contribution in [3.8, 4) is 22.4 Å². The molecular weight excluding hydrogens is 385 g/mol. The van der Waals surface area contributed by atoms with Gasteiger partial charge in [-0.3, -0.25) is 0 Å². The highest BCUT2D eigenvalue weighted by atomic mass is 32.2. The summed E-state index contributed by atoms with van der Waals surface area (Å²) in [7, 11) is -4.48. The lowest BCUT2D eigenvalue weighted by molar-refractivity contribution is 0.230. The third-order valence-corrected chi connectivity index (χ3v) is 4.87. The van der Waals surface area contributed by atoms with Gasteiger partial charge >= 0.3 is 0 Å². The van der Waals surface area contributed by atoms with Gasteiger partial charge in [-0.05, 0) is 30.7 Å². The summed E-state index contributed by atoms with van der Waals surface area (Å²) in [6.45, 7) is 0.845. The van der Waals surface area contributed by atoms with Gasteiger partial charge in [0.05, 0.1) is 5.56 Å². The number of primary sulfonamides is 1. The number of hydrogen-bond donors (Lipinski definition) is 2. The van der Waals surface area contributed by atoms with Crippen molar-refractivity contribution in [2.75, 3.05) is 0 Å². The maximum Gasteiger partial charge on any atom is 0.241 e. The van der Waals surface area contributed by atoms with Gasteiger partial charge in [-0.2, -0.15) is 0 Å². The van der Waals surface area contributed by atoms with Gasteiger partial charge in [-0.15, -0.1) is 0 Å². The van der Waals surface area contributed by atoms with Crippen LogP contribution in [0.5, 0.6) is 0 Å². The fourth-order valence-electron chi connectivity index (χ4n) is 2.59. The third-order valence-electron chi connectivity index (χ3n) is 3.95. The summed E-state index contributed by atoms with van der Waals surface area (Å²) < 4.78 is 70.3. The molecule has 10 heteroatoms. The Morgan fingerprint density at radius 1 is 1.11 bits per heavy atom. The number of aliphatic hydroxyl groups is 1. The number of rotatable bonds is 4. The molecule has 0 aliphatic heterocycles. The van der Waals surface area contributed by atoms with Crippen LogP contribution >= 0.6 is 0 Å². The Morgan fingerprint density at radius 2 is 1.81 bits per heavy atom. The summed E-state index contributed by atoms with van der Waals surface area (Å²) in [6, 6.07) is 5.12. The molecule has 0 radical (unpaired) electrons. The van der Waals surface area contributed by atoms with Crippen molar-refractivity contribution < 1.29 is 31.2 Å². The average molecular weight is 398 g/mol. The van der Waals surface area contributed by atoms with Crippen LogP contribution in [0.4, 0.5) is 13.2 Å². The fraction of sp³-hybridized carbons (Fsp3) is 0.118. The first-order chi connectivity index (χ1) is 12.6. The van der Waals surface area contributed by atoms with E-state index in [0.717, 1.165) is 6.07 Å². The minimum absolute atomic E-state index is 0.0420. The molecule has 142 valence electrons. The molecule has 27 heavy (non-hydrogen) atoms. The molecule has 0 spiro atoms. The monoisotopic (exact) mass is 398 g/mol.